The number of aryl methyl sites for hydroxylation is 1. The molecule has 0 saturated carbocycles. The van der Waals surface area contributed by atoms with Gasteiger partial charge in [0.25, 0.3) is 10.0 Å². The Morgan fingerprint density at radius 3 is 2.58 bits per heavy atom. The van der Waals surface area contributed by atoms with Gasteiger partial charge in [-0.3, -0.25) is 9.71 Å². The van der Waals surface area contributed by atoms with Crippen molar-refractivity contribution in [2.75, 3.05) is 22.7 Å². The van der Waals surface area contributed by atoms with E-state index in [1.807, 2.05) is 37.3 Å². The molecule has 1 aromatic heterocycles. The summed E-state index contributed by atoms with van der Waals surface area (Å²) in [5, 5.41) is 0.956. The third-order valence-electron chi connectivity index (χ3n) is 5.01. The fourth-order valence-electron chi connectivity index (χ4n) is 3.67. The largest absolute Gasteiger partial charge is 0.372 e. The average molecular weight is 367 g/mol. The van der Waals surface area contributed by atoms with Gasteiger partial charge in [-0.25, -0.2) is 8.42 Å². The van der Waals surface area contributed by atoms with Crippen LogP contribution in [0.25, 0.3) is 22.0 Å². The van der Waals surface area contributed by atoms with E-state index in [1.165, 1.54) is 0 Å². The predicted molar refractivity (Wildman–Crippen MR) is 106 cm³/mol. The third kappa shape index (κ3) is 2.44. The molecule has 0 amide bonds. The molecule has 2 aromatic carbocycles. The lowest BCUT2D eigenvalue weighted by atomic mass is 9.97. The summed E-state index contributed by atoms with van der Waals surface area (Å²) >= 11 is 0. The van der Waals surface area contributed by atoms with E-state index >= 15 is 0 Å². The molecule has 0 radical (unpaired) electrons. The first-order chi connectivity index (χ1) is 12.5. The molecule has 1 aliphatic heterocycles. The summed E-state index contributed by atoms with van der Waals surface area (Å²) in [6, 6.07) is 11.4. The fraction of sp³-hybridized carbons (Fsp3) is 0.250. The van der Waals surface area contributed by atoms with Crippen molar-refractivity contribution < 1.29 is 8.42 Å². The van der Waals surface area contributed by atoms with Crippen LogP contribution < -0.4 is 9.62 Å². The Labute approximate surface area is 153 Å². The third-order valence-corrected chi connectivity index (χ3v) is 6.42. The average Bonchev–Trinajstić information content (AvgIpc) is 2.64. The Kier molecular flexibility index (Phi) is 3.88. The summed E-state index contributed by atoms with van der Waals surface area (Å²) in [5.41, 5.74) is 4.97. The van der Waals surface area contributed by atoms with E-state index in [4.69, 9.17) is 0 Å². The molecular weight excluding hydrogens is 346 g/mol. The van der Waals surface area contributed by atoms with Crippen molar-refractivity contribution in [2.24, 2.45) is 0 Å². The second-order valence-corrected chi connectivity index (χ2v) is 8.12. The van der Waals surface area contributed by atoms with Gasteiger partial charge in [0.1, 0.15) is 0 Å². The van der Waals surface area contributed by atoms with E-state index in [0.29, 0.717) is 16.1 Å². The molecule has 1 N–H and O–H groups in total. The summed E-state index contributed by atoms with van der Waals surface area (Å²) in [4.78, 5) is 6.97. The molecule has 0 aliphatic carbocycles. The minimum Gasteiger partial charge on any atom is -0.372 e. The van der Waals surface area contributed by atoms with Gasteiger partial charge >= 0.3 is 0 Å². The normalized spacial score (nSPS) is 14.4. The molecule has 1 aliphatic rings. The van der Waals surface area contributed by atoms with Crippen molar-refractivity contribution in [1.82, 2.24) is 4.98 Å². The van der Waals surface area contributed by atoms with Gasteiger partial charge in [-0.1, -0.05) is 6.07 Å². The number of nitrogens with one attached hydrogen (secondary N) is 1. The van der Waals surface area contributed by atoms with Crippen LogP contribution in [0.2, 0.25) is 0 Å². The van der Waals surface area contributed by atoms with Crippen LogP contribution in [0.3, 0.4) is 0 Å². The van der Waals surface area contributed by atoms with Crippen LogP contribution >= 0.6 is 0 Å². The molecule has 4 rings (SSSR count). The quantitative estimate of drug-likeness (QED) is 0.755. The molecule has 0 saturated heterocycles. The highest BCUT2D eigenvalue weighted by molar-refractivity contribution is 7.93. The van der Waals surface area contributed by atoms with Gasteiger partial charge in [-0.2, -0.15) is 0 Å². The molecule has 0 atom stereocenters. The zero-order valence-corrected chi connectivity index (χ0v) is 15.9. The Morgan fingerprint density at radius 1 is 1.08 bits per heavy atom. The van der Waals surface area contributed by atoms with Gasteiger partial charge in [0.05, 0.1) is 16.1 Å². The number of pyridine rings is 1. The number of aromatic nitrogens is 1. The first-order valence-corrected chi connectivity index (χ1v) is 10.2. The second-order valence-electron chi connectivity index (χ2n) is 6.47. The lowest BCUT2D eigenvalue weighted by Crippen LogP contribution is -2.23. The molecular formula is C20H21N3O2S. The Morgan fingerprint density at radius 2 is 1.85 bits per heavy atom. The fourth-order valence-corrected chi connectivity index (χ4v) is 4.96. The number of benzene rings is 2. The number of hydrogen-bond donors (Lipinski definition) is 1. The Hall–Kier alpha value is -2.60. The second kappa shape index (κ2) is 5.99. The van der Waals surface area contributed by atoms with Crippen molar-refractivity contribution in [3.8, 4) is 11.1 Å². The zero-order chi connectivity index (χ0) is 18.5. The molecule has 6 heteroatoms. The maximum atomic E-state index is 12.8. The number of hydrogen-bond acceptors (Lipinski definition) is 4. The lowest BCUT2D eigenvalue weighted by molar-refractivity contribution is 0.601. The zero-order valence-electron chi connectivity index (χ0n) is 15.1. The highest BCUT2D eigenvalue weighted by Gasteiger charge is 2.30. The highest BCUT2D eigenvalue weighted by Crippen LogP contribution is 2.44. The van der Waals surface area contributed by atoms with E-state index < -0.39 is 10.0 Å². The maximum absolute atomic E-state index is 12.8. The molecule has 3 aromatic rings. The molecule has 26 heavy (non-hydrogen) atoms. The van der Waals surface area contributed by atoms with E-state index in [1.54, 1.807) is 12.3 Å². The van der Waals surface area contributed by atoms with Gasteiger partial charge in [0.15, 0.2) is 0 Å². The Bertz CT molecular complexity index is 1120. The molecule has 2 heterocycles. The van der Waals surface area contributed by atoms with Crippen LogP contribution in [0.15, 0.2) is 47.5 Å². The monoisotopic (exact) mass is 367 g/mol. The predicted octanol–water partition coefficient (Wildman–Crippen LogP) is 4.17. The molecule has 134 valence electrons. The van der Waals surface area contributed by atoms with Crippen molar-refractivity contribution in [1.29, 1.82) is 0 Å². The summed E-state index contributed by atoms with van der Waals surface area (Å²) in [6.07, 6.45) is 1.69. The molecule has 0 spiro atoms. The highest BCUT2D eigenvalue weighted by atomic mass is 32.2. The summed E-state index contributed by atoms with van der Waals surface area (Å²) in [7, 11) is -3.62. The van der Waals surface area contributed by atoms with Gasteiger partial charge in [-0.05, 0) is 56.7 Å². The van der Waals surface area contributed by atoms with Crippen LogP contribution in [0.4, 0.5) is 11.4 Å². The van der Waals surface area contributed by atoms with Crippen molar-refractivity contribution in [2.45, 2.75) is 25.7 Å². The van der Waals surface area contributed by atoms with Gasteiger partial charge < -0.3 is 4.90 Å². The van der Waals surface area contributed by atoms with Gasteiger partial charge in [-0.15, -0.1) is 0 Å². The van der Waals surface area contributed by atoms with Crippen molar-refractivity contribution in [3.05, 3.63) is 48.2 Å². The molecule has 0 fully saturated rings. The summed E-state index contributed by atoms with van der Waals surface area (Å²) in [6.45, 7) is 7.95. The van der Waals surface area contributed by atoms with Crippen LogP contribution in [0, 0.1) is 6.92 Å². The minimum absolute atomic E-state index is 0.315. The van der Waals surface area contributed by atoms with Crippen molar-refractivity contribution in [3.63, 3.8) is 0 Å². The number of nitrogens with zero attached hydrogens (tertiary/aromatic N) is 2. The van der Waals surface area contributed by atoms with Crippen LogP contribution in [0.1, 0.15) is 19.4 Å². The van der Waals surface area contributed by atoms with E-state index in [-0.39, 0.29) is 0 Å². The maximum Gasteiger partial charge on any atom is 0.262 e. The topological polar surface area (TPSA) is 62.3 Å². The number of sulfonamides is 1. The molecule has 0 unspecified atom stereocenters. The first-order valence-electron chi connectivity index (χ1n) is 8.76. The smallest absolute Gasteiger partial charge is 0.262 e. The summed E-state index contributed by atoms with van der Waals surface area (Å²) < 4.78 is 28.4. The summed E-state index contributed by atoms with van der Waals surface area (Å²) in [5.74, 6) is 0. The number of fused-ring (bicyclic) bond motifs is 5. The van der Waals surface area contributed by atoms with E-state index in [0.717, 1.165) is 40.9 Å². The van der Waals surface area contributed by atoms with Crippen LogP contribution in [-0.2, 0) is 10.0 Å². The Balaban J connectivity index is 2.06. The van der Waals surface area contributed by atoms with E-state index in [2.05, 4.69) is 28.5 Å². The molecule has 0 bridgehead atoms. The molecule has 5 nitrogen and oxygen atoms in total. The SMILES string of the molecule is CCN(CC)c1ccc2c(c1)-c1cc(C)c3cccnc3c1NS2(=O)=O. The van der Waals surface area contributed by atoms with E-state index in [9.17, 15) is 8.42 Å². The minimum atomic E-state index is -3.62. The standard InChI is InChI=1S/C20H21N3O2S/c1-4-23(5-2)14-8-9-18-16(12-14)17-11-13(3)15-7-6-10-21-19(15)20(17)22-26(18,24)25/h6-12,22H,4-5H2,1-3H3. The lowest BCUT2D eigenvalue weighted by Gasteiger charge is -2.27. The number of rotatable bonds is 3. The van der Waals surface area contributed by atoms with Crippen molar-refractivity contribution >= 4 is 32.3 Å². The van der Waals surface area contributed by atoms with Gasteiger partial charge in [0, 0.05) is 41.5 Å². The number of anilines is 2. The van der Waals surface area contributed by atoms with Crippen LogP contribution in [-0.4, -0.2) is 26.5 Å². The van der Waals surface area contributed by atoms with Gasteiger partial charge in [0.2, 0.25) is 0 Å². The van der Waals surface area contributed by atoms with Crippen LogP contribution in [0.5, 0.6) is 0 Å². The first kappa shape index (κ1) is 16.8.